The fourth-order valence-corrected chi connectivity index (χ4v) is 0.337. The zero-order valence-corrected chi connectivity index (χ0v) is 4.89. The lowest BCUT2D eigenvalue weighted by Crippen LogP contribution is -2.25. The quantitative estimate of drug-likeness (QED) is 0.395. The summed E-state index contributed by atoms with van der Waals surface area (Å²) in [6, 6.07) is 1.95. The molecule has 0 fully saturated rings. The fourth-order valence-electron chi connectivity index (χ4n) is 0.337. The van der Waals surface area contributed by atoms with Gasteiger partial charge in [0, 0.05) is 13.0 Å². The van der Waals surface area contributed by atoms with Gasteiger partial charge in [0.05, 0.1) is 6.07 Å². The Kier molecular flexibility index (Phi) is 4.23. The van der Waals surface area contributed by atoms with Gasteiger partial charge in [0.25, 0.3) is 0 Å². The number of aliphatic hydroxyl groups is 1. The van der Waals surface area contributed by atoms with Crippen LogP contribution >= 0.6 is 0 Å². The summed E-state index contributed by atoms with van der Waals surface area (Å²) < 4.78 is 0. The van der Waals surface area contributed by atoms with Crippen molar-refractivity contribution in [2.45, 2.75) is 19.6 Å². The van der Waals surface area contributed by atoms with Crippen molar-refractivity contribution in [3.8, 4) is 6.07 Å². The molecule has 2 N–H and O–H groups in total. The number of nitrogens with one attached hydrogen (secondary N) is 1. The second-order valence-corrected chi connectivity index (χ2v) is 1.54. The Morgan fingerprint density at radius 3 is 2.88 bits per heavy atom. The van der Waals surface area contributed by atoms with Crippen molar-refractivity contribution < 1.29 is 5.11 Å². The Hall–Kier alpha value is -0.590. The first-order valence-electron chi connectivity index (χ1n) is 2.55. The highest BCUT2D eigenvalue weighted by Gasteiger charge is 1.89. The van der Waals surface area contributed by atoms with E-state index in [0.717, 1.165) is 0 Å². The van der Waals surface area contributed by atoms with E-state index in [9.17, 15) is 0 Å². The standard InChI is InChI=1S/C5H10N2O/c1-5(8)7-4-2-3-6/h5,7-8H,2,4H2,1H3. The Labute approximate surface area is 48.9 Å². The van der Waals surface area contributed by atoms with E-state index in [1.54, 1.807) is 6.92 Å². The lowest BCUT2D eigenvalue weighted by Gasteiger charge is -2.01. The minimum Gasteiger partial charge on any atom is -0.379 e. The molecule has 0 radical (unpaired) electrons. The molecule has 0 aliphatic heterocycles. The largest absolute Gasteiger partial charge is 0.379 e. The lowest BCUT2D eigenvalue weighted by atomic mass is 10.4. The van der Waals surface area contributed by atoms with Crippen LogP contribution in [0.3, 0.4) is 0 Å². The van der Waals surface area contributed by atoms with E-state index in [2.05, 4.69) is 5.32 Å². The van der Waals surface area contributed by atoms with Crippen LogP contribution in [-0.4, -0.2) is 17.9 Å². The molecule has 0 saturated carbocycles. The average molecular weight is 114 g/mol. The van der Waals surface area contributed by atoms with E-state index < -0.39 is 6.23 Å². The normalized spacial score (nSPS) is 12.6. The van der Waals surface area contributed by atoms with Gasteiger partial charge in [-0.3, -0.25) is 5.32 Å². The molecular formula is C5H10N2O. The van der Waals surface area contributed by atoms with Crippen LogP contribution in [0, 0.1) is 11.3 Å². The Bertz CT molecular complexity index is 84.9. The zero-order chi connectivity index (χ0) is 6.41. The summed E-state index contributed by atoms with van der Waals surface area (Å²) in [6.45, 7) is 2.19. The topological polar surface area (TPSA) is 56.0 Å². The molecule has 0 aromatic carbocycles. The Balaban J connectivity index is 2.85. The number of hydrogen-bond donors (Lipinski definition) is 2. The van der Waals surface area contributed by atoms with E-state index in [-0.39, 0.29) is 0 Å². The summed E-state index contributed by atoms with van der Waals surface area (Å²) in [5, 5.41) is 19.2. The molecule has 1 unspecified atom stereocenters. The van der Waals surface area contributed by atoms with E-state index in [1.165, 1.54) is 0 Å². The molecule has 0 aliphatic rings. The third-order valence-corrected chi connectivity index (χ3v) is 0.677. The molecule has 0 amide bonds. The highest BCUT2D eigenvalue weighted by Crippen LogP contribution is 1.73. The molecule has 0 heterocycles. The SMILES string of the molecule is CC(O)NCCC#N. The molecule has 1 atom stereocenters. The average Bonchev–Trinajstić information content (AvgIpc) is 1.66. The fraction of sp³-hybridized carbons (Fsp3) is 0.800. The first-order valence-corrected chi connectivity index (χ1v) is 2.55. The Morgan fingerprint density at radius 1 is 1.88 bits per heavy atom. The first kappa shape index (κ1) is 7.41. The number of hydrogen-bond acceptors (Lipinski definition) is 3. The van der Waals surface area contributed by atoms with Crippen LogP contribution in [0.15, 0.2) is 0 Å². The maximum Gasteiger partial charge on any atom is 0.102 e. The number of aliphatic hydroxyl groups excluding tert-OH is 1. The van der Waals surface area contributed by atoms with Crippen molar-refractivity contribution >= 4 is 0 Å². The van der Waals surface area contributed by atoms with Gasteiger partial charge in [-0.2, -0.15) is 5.26 Å². The third kappa shape index (κ3) is 5.41. The van der Waals surface area contributed by atoms with Crippen LogP contribution in [0.25, 0.3) is 0 Å². The summed E-state index contributed by atoms with van der Waals surface area (Å²) >= 11 is 0. The highest BCUT2D eigenvalue weighted by atomic mass is 16.3. The molecule has 3 nitrogen and oxygen atoms in total. The zero-order valence-electron chi connectivity index (χ0n) is 4.89. The van der Waals surface area contributed by atoms with Gasteiger partial charge in [-0.25, -0.2) is 0 Å². The molecule has 3 heteroatoms. The van der Waals surface area contributed by atoms with Crippen molar-refractivity contribution in [3.05, 3.63) is 0 Å². The van der Waals surface area contributed by atoms with E-state index in [4.69, 9.17) is 10.4 Å². The summed E-state index contributed by atoms with van der Waals surface area (Å²) in [4.78, 5) is 0. The summed E-state index contributed by atoms with van der Waals surface area (Å²) in [5.41, 5.74) is 0. The van der Waals surface area contributed by atoms with Crippen molar-refractivity contribution in [3.63, 3.8) is 0 Å². The number of nitriles is 1. The third-order valence-electron chi connectivity index (χ3n) is 0.677. The van der Waals surface area contributed by atoms with Gasteiger partial charge in [-0.1, -0.05) is 0 Å². The van der Waals surface area contributed by atoms with Gasteiger partial charge >= 0.3 is 0 Å². The first-order chi connectivity index (χ1) is 3.77. The number of nitrogens with zero attached hydrogens (tertiary/aromatic N) is 1. The van der Waals surface area contributed by atoms with Gasteiger partial charge in [-0.15, -0.1) is 0 Å². The second kappa shape index (κ2) is 4.57. The van der Waals surface area contributed by atoms with Crippen LogP contribution in [0.2, 0.25) is 0 Å². The van der Waals surface area contributed by atoms with E-state index in [0.29, 0.717) is 13.0 Å². The lowest BCUT2D eigenvalue weighted by molar-refractivity contribution is 0.158. The maximum atomic E-state index is 8.56. The minimum absolute atomic E-state index is 0.449. The predicted molar refractivity (Wildman–Crippen MR) is 29.9 cm³/mol. The van der Waals surface area contributed by atoms with E-state index in [1.807, 2.05) is 6.07 Å². The molecule has 0 aromatic heterocycles. The van der Waals surface area contributed by atoms with Crippen molar-refractivity contribution in [2.24, 2.45) is 0 Å². The molecule has 0 aliphatic carbocycles. The van der Waals surface area contributed by atoms with Crippen LogP contribution < -0.4 is 5.32 Å². The van der Waals surface area contributed by atoms with Gasteiger partial charge < -0.3 is 5.11 Å². The Morgan fingerprint density at radius 2 is 2.50 bits per heavy atom. The summed E-state index contributed by atoms with van der Waals surface area (Å²) in [6.07, 6.45) is -0.0476. The number of rotatable bonds is 3. The van der Waals surface area contributed by atoms with Gasteiger partial charge in [0.1, 0.15) is 6.23 Å². The molecule has 0 rings (SSSR count). The van der Waals surface area contributed by atoms with Crippen LogP contribution in [0.4, 0.5) is 0 Å². The predicted octanol–water partition coefficient (Wildman–Crippen LogP) is -0.172. The van der Waals surface area contributed by atoms with Gasteiger partial charge in [-0.05, 0) is 6.92 Å². The van der Waals surface area contributed by atoms with Crippen molar-refractivity contribution in [1.82, 2.24) is 5.32 Å². The monoisotopic (exact) mass is 114 g/mol. The van der Waals surface area contributed by atoms with Crippen LogP contribution in [0.5, 0.6) is 0 Å². The van der Waals surface area contributed by atoms with Crippen molar-refractivity contribution in [1.29, 1.82) is 5.26 Å². The minimum atomic E-state index is -0.497. The van der Waals surface area contributed by atoms with Crippen LogP contribution in [-0.2, 0) is 0 Å². The molecule has 46 valence electrons. The van der Waals surface area contributed by atoms with Gasteiger partial charge in [0.2, 0.25) is 0 Å². The highest BCUT2D eigenvalue weighted by molar-refractivity contribution is 4.69. The smallest absolute Gasteiger partial charge is 0.102 e. The second-order valence-electron chi connectivity index (χ2n) is 1.54. The molecule has 0 aromatic rings. The van der Waals surface area contributed by atoms with Crippen LogP contribution in [0.1, 0.15) is 13.3 Å². The van der Waals surface area contributed by atoms with Crippen molar-refractivity contribution in [2.75, 3.05) is 6.54 Å². The maximum absolute atomic E-state index is 8.56. The summed E-state index contributed by atoms with van der Waals surface area (Å²) in [5.74, 6) is 0. The summed E-state index contributed by atoms with van der Waals surface area (Å²) in [7, 11) is 0. The van der Waals surface area contributed by atoms with E-state index >= 15 is 0 Å². The van der Waals surface area contributed by atoms with Gasteiger partial charge in [0.15, 0.2) is 0 Å². The molecule has 8 heavy (non-hydrogen) atoms. The molecule has 0 spiro atoms. The molecule has 0 bridgehead atoms. The molecular weight excluding hydrogens is 104 g/mol. The molecule has 0 saturated heterocycles.